The van der Waals surface area contributed by atoms with Gasteiger partial charge in [0.05, 0.1) is 25.5 Å². The average Bonchev–Trinajstić information content (AvgIpc) is 2.44. The van der Waals surface area contributed by atoms with Crippen LogP contribution in [0.2, 0.25) is 0 Å². The molecule has 2 heterocycles. The molecule has 23 heavy (non-hydrogen) atoms. The van der Waals surface area contributed by atoms with Crippen LogP contribution in [0.3, 0.4) is 0 Å². The zero-order valence-corrected chi connectivity index (χ0v) is 12.4. The van der Waals surface area contributed by atoms with Crippen LogP contribution >= 0.6 is 0 Å². The molecule has 2 rings (SSSR count). The molecule has 0 aromatic carbocycles. The quantitative estimate of drug-likeness (QED) is 0.803. The van der Waals surface area contributed by atoms with E-state index in [1.54, 1.807) is 13.8 Å². The molecule has 124 valence electrons. The largest absolute Gasteiger partial charge is 0.481 e. The number of methoxy groups -OCH3 is 1. The highest BCUT2D eigenvalue weighted by atomic mass is 19.4. The van der Waals surface area contributed by atoms with Crippen LogP contribution in [0.25, 0.3) is 0 Å². The van der Waals surface area contributed by atoms with Gasteiger partial charge in [-0.2, -0.15) is 22.5 Å². The van der Waals surface area contributed by atoms with Gasteiger partial charge in [-0.15, -0.1) is 0 Å². The minimum atomic E-state index is -5.04. The molecule has 10 heteroatoms. The third-order valence-electron chi connectivity index (χ3n) is 3.06. The molecule has 0 atom stereocenters. The molecular formula is C13H12F4N4O2. The fourth-order valence-electron chi connectivity index (χ4n) is 2.00. The van der Waals surface area contributed by atoms with E-state index < -0.39 is 23.2 Å². The molecule has 2 aromatic heterocycles. The first-order valence-corrected chi connectivity index (χ1v) is 6.35. The Hall–Kier alpha value is -2.52. The summed E-state index contributed by atoms with van der Waals surface area (Å²) in [5, 5.41) is 0. The Labute approximate surface area is 127 Å². The van der Waals surface area contributed by atoms with Crippen molar-refractivity contribution in [2.45, 2.75) is 26.6 Å². The molecule has 2 aromatic rings. The van der Waals surface area contributed by atoms with E-state index in [0.29, 0.717) is 28.0 Å². The average molecular weight is 332 g/mol. The summed E-state index contributed by atoms with van der Waals surface area (Å²) in [6, 6.07) is 0. The fraction of sp³-hybridized carbons (Fsp3) is 0.385. The lowest BCUT2D eigenvalue weighted by molar-refractivity contribution is -0.144. The topological polar surface area (TPSA) is 69.9 Å². The summed E-state index contributed by atoms with van der Waals surface area (Å²) >= 11 is 0. The van der Waals surface area contributed by atoms with Gasteiger partial charge in [-0.1, -0.05) is 0 Å². The highest BCUT2D eigenvalue weighted by Crippen LogP contribution is 2.28. The van der Waals surface area contributed by atoms with E-state index in [2.05, 4.69) is 15.0 Å². The van der Waals surface area contributed by atoms with Gasteiger partial charge < -0.3 is 4.74 Å². The molecule has 6 nitrogen and oxygen atoms in total. The summed E-state index contributed by atoms with van der Waals surface area (Å²) in [6.45, 7) is 2.98. The number of rotatable bonds is 3. The predicted octanol–water partition coefficient (Wildman–Crippen LogP) is 1.86. The normalized spacial score (nSPS) is 11.6. The summed E-state index contributed by atoms with van der Waals surface area (Å²) in [4.78, 5) is 22.9. The number of nitrogens with zero attached hydrogens (tertiary/aromatic N) is 4. The predicted molar refractivity (Wildman–Crippen MR) is 70.6 cm³/mol. The van der Waals surface area contributed by atoms with E-state index in [1.165, 1.54) is 7.11 Å². The van der Waals surface area contributed by atoms with Crippen molar-refractivity contribution < 1.29 is 22.3 Å². The van der Waals surface area contributed by atoms with Crippen LogP contribution in [0.4, 0.5) is 17.6 Å². The van der Waals surface area contributed by atoms with Gasteiger partial charge in [0.25, 0.3) is 5.56 Å². The highest BCUT2D eigenvalue weighted by molar-refractivity contribution is 5.30. The molecule has 0 aliphatic rings. The van der Waals surface area contributed by atoms with Crippen molar-refractivity contribution in [2.75, 3.05) is 7.11 Å². The number of hydrogen-bond acceptors (Lipinski definition) is 5. The maximum absolute atomic E-state index is 13.6. The van der Waals surface area contributed by atoms with Crippen LogP contribution in [-0.4, -0.2) is 26.6 Å². The van der Waals surface area contributed by atoms with Crippen molar-refractivity contribution in [1.29, 1.82) is 0 Å². The van der Waals surface area contributed by atoms with Gasteiger partial charge in [0.2, 0.25) is 11.7 Å². The highest BCUT2D eigenvalue weighted by Gasteiger charge is 2.37. The lowest BCUT2D eigenvalue weighted by Gasteiger charge is -2.13. The van der Waals surface area contributed by atoms with Crippen LogP contribution in [0.1, 0.15) is 22.8 Å². The third kappa shape index (κ3) is 3.30. The smallest absolute Gasteiger partial charge is 0.436 e. The summed E-state index contributed by atoms with van der Waals surface area (Å²) in [5.74, 6) is -1.38. The molecule has 0 N–H and O–H groups in total. The molecule has 0 aliphatic carbocycles. The molecule has 0 fully saturated rings. The summed E-state index contributed by atoms with van der Waals surface area (Å²) in [5.41, 5.74) is -2.47. The van der Waals surface area contributed by atoms with Gasteiger partial charge in [-0.05, 0) is 13.8 Å². The Bertz CT molecular complexity index is 802. The minimum absolute atomic E-state index is 0.155. The molecule has 0 amide bonds. The minimum Gasteiger partial charge on any atom is -0.481 e. The molecular weight excluding hydrogens is 320 g/mol. The third-order valence-corrected chi connectivity index (χ3v) is 3.06. The monoisotopic (exact) mass is 332 g/mol. The van der Waals surface area contributed by atoms with E-state index in [9.17, 15) is 22.4 Å². The maximum atomic E-state index is 13.6. The number of halogens is 4. The first-order valence-electron chi connectivity index (χ1n) is 6.35. The molecule has 0 saturated carbocycles. The first kappa shape index (κ1) is 16.8. The second-order valence-electron chi connectivity index (χ2n) is 4.68. The molecule has 0 spiro atoms. The molecule has 0 bridgehead atoms. The number of ether oxygens (including phenoxy) is 1. The van der Waals surface area contributed by atoms with Gasteiger partial charge in [0.1, 0.15) is 5.82 Å². The summed E-state index contributed by atoms with van der Waals surface area (Å²) < 4.78 is 57.0. The van der Waals surface area contributed by atoms with E-state index in [1.807, 2.05) is 0 Å². The van der Waals surface area contributed by atoms with Crippen LogP contribution in [0, 0.1) is 19.7 Å². The Kier molecular flexibility index (Phi) is 4.35. The van der Waals surface area contributed by atoms with Crippen LogP contribution in [0.15, 0.2) is 11.1 Å². The number of aryl methyl sites for hydroxylation is 2. The van der Waals surface area contributed by atoms with E-state index in [4.69, 9.17) is 4.74 Å². The number of alkyl halides is 3. The first-order chi connectivity index (χ1) is 10.6. The van der Waals surface area contributed by atoms with Gasteiger partial charge >= 0.3 is 6.18 Å². The van der Waals surface area contributed by atoms with E-state index >= 15 is 0 Å². The van der Waals surface area contributed by atoms with Crippen molar-refractivity contribution in [2.24, 2.45) is 0 Å². The van der Waals surface area contributed by atoms with Crippen molar-refractivity contribution in [3.63, 3.8) is 0 Å². The summed E-state index contributed by atoms with van der Waals surface area (Å²) in [7, 11) is 1.35. The van der Waals surface area contributed by atoms with E-state index in [-0.39, 0.29) is 12.4 Å². The van der Waals surface area contributed by atoms with Crippen LogP contribution in [-0.2, 0) is 12.7 Å². The maximum Gasteiger partial charge on any atom is 0.436 e. The van der Waals surface area contributed by atoms with Crippen molar-refractivity contribution in [3.8, 4) is 5.88 Å². The molecule has 0 radical (unpaired) electrons. The Morgan fingerprint density at radius 1 is 1.26 bits per heavy atom. The molecule has 0 unspecified atom stereocenters. The van der Waals surface area contributed by atoms with Crippen LogP contribution in [0.5, 0.6) is 5.88 Å². The second-order valence-corrected chi connectivity index (χ2v) is 4.68. The molecule has 0 aliphatic heterocycles. The lowest BCUT2D eigenvalue weighted by Crippen LogP contribution is -2.29. The second kappa shape index (κ2) is 5.94. The fourth-order valence-corrected chi connectivity index (χ4v) is 2.00. The Balaban J connectivity index is 2.51. The lowest BCUT2D eigenvalue weighted by atomic mass is 10.2. The SMILES string of the molecule is COc1nc(C)nc(C)c1Cn1cnc(C(F)(F)F)c(F)c1=O. The number of hydrogen-bond donors (Lipinski definition) is 0. The van der Waals surface area contributed by atoms with Crippen LogP contribution < -0.4 is 10.3 Å². The van der Waals surface area contributed by atoms with Crippen molar-refractivity contribution in [1.82, 2.24) is 19.5 Å². The zero-order chi connectivity index (χ0) is 17.4. The van der Waals surface area contributed by atoms with Gasteiger partial charge in [-0.25, -0.2) is 9.97 Å². The van der Waals surface area contributed by atoms with Crippen molar-refractivity contribution >= 4 is 0 Å². The van der Waals surface area contributed by atoms with Crippen molar-refractivity contribution in [3.05, 3.63) is 45.3 Å². The molecule has 0 saturated heterocycles. The van der Waals surface area contributed by atoms with E-state index in [0.717, 1.165) is 0 Å². The Morgan fingerprint density at radius 3 is 2.48 bits per heavy atom. The van der Waals surface area contributed by atoms with Gasteiger partial charge in [-0.3, -0.25) is 9.36 Å². The van der Waals surface area contributed by atoms with Gasteiger partial charge in [0, 0.05) is 5.69 Å². The van der Waals surface area contributed by atoms with Gasteiger partial charge in [0.15, 0.2) is 5.69 Å². The number of aromatic nitrogens is 4. The summed E-state index contributed by atoms with van der Waals surface area (Å²) in [6.07, 6.45) is -4.41. The zero-order valence-electron chi connectivity index (χ0n) is 12.4. The standard InChI is InChI=1S/C13H12F4N4O2/c1-6-8(11(23-3)20-7(2)19-6)4-21-5-18-10(13(15,16)17)9(14)12(21)22/h5H,4H2,1-3H3. The Morgan fingerprint density at radius 2 is 1.91 bits per heavy atom.